The molecule has 0 fully saturated rings. The lowest BCUT2D eigenvalue weighted by Gasteiger charge is -2.29. The first-order valence-electron chi connectivity index (χ1n) is 16.7. The highest BCUT2D eigenvalue weighted by Crippen LogP contribution is 2.34. The largest absolute Gasteiger partial charge is 0.465 e. The zero-order chi connectivity index (χ0) is 38.8. The first-order valence-corrected chi connectivity index (χ1v) is 16.7. The van der Waals surface area contributed by atoms with Crippen LogP contribution in [0.15, 0.2) is 97.1 Å². The molecule has 2 amide bonds. The number of nitrogens with one attached hydrogen (secondary N) is 1. The van der Waals surface area contributed by atoms with Crippen LogP contribution in [-0.4, -0.2) is 68.5 Å². The van der Waals surface area contributed by atoms with Gasteiger partial charge in [0.2, 0.25) is 0 Å². The summed E-state index contributed by atoms with van der Waals surface area (Å²) in [6.45, 7) is 2.87. The summed E-state index contributed by atoms with van der Waals surface area (Å²) in [4.78, 5) is 67.7. The summed E-state index contributed by atoms with van der Waals surface area (Å²) in [6, 6.07) is 23.4. The van der Waals surface area contributed by atoms with Crippen molar-refractivity contribution in [3.8, 4) is 11.1 Å². The second-order valence-corrected chi connectivity index (χ2v) is 12.0. The molecule has 0 atom stereocenters. The van der Waals surface area contributed by atoms with E-state index in [-0.39, 0.29) is 49.5 Å². The van der Waals surface area contributed by atoms with Crippen molar-refractivity contribution in [1.29, 1.82) is 0 Å². The molecule has 13 heteroatoms. The van der Waals surface area contributed by atoms with E-state index in [1.165, 1.54) is 55.4 Å². The van der Waals surface area contributed by atoms with Crippen LogP contribution in [0.25, 0.3) is 11.1 Å². The van der Waals surface area contributed by atoms with Crippen LogP contribution in [0.1, 0.15) is 57.7 Å². The third-order valence-corrected chi connectivity index (χ3v) is 8.27. The average Bonchev–Trinajstić information content (AvgIpc) is 3.14. The van der Waals surface area contributed by atoms with E-state index in [0.717, 1.165) is 12.1 Å². The van der Waals surface area contributed by atoms with Gasteiger partial charge < -0.3 is 24.4 Å². The van der Waals surface area contributed by atoms with Crippen LogP contribution in [0, 0.1) is 0 Å². The molecular formula is C40H39F3N2O8. The van der Waals surface area contributed by atoms with E-state index in [1.807, 2.05) is 0 Å². The van der Waals surface area contributed by atoms with Gasteiger partial charge in [-0.15, -0.1) is 0 Å². The Morgan fingerprint density at radius 2 is 1.30 bits per heavy atom. The minimum Gasteiger partial charge on any atom is -0.465 e. The number of hydrogen-bond donors (Lipinski definition) is 1. The van der Waals surface area contributed by atoms with E-state index < -0.39 is 46.9 Å². The number of benzene rings is 4. The van der Waals surface area contributed by atoms with Crippen LogP contribution in [-0.2, 0) is 46.6 Å². The first-order chi connectivity index (χ1) is 25.2. The van der Waals surface area contributed by atoms with Gasteiger partial charge in [-0.25, -0.2) is 0 Å². The standard InChI is InChI=1S/C40H39F3N2O8/c1-5-51-37(49)39(38(50)52-6-2,28-12-8-7-9-13-28)22-23-53-34(46)25-26-16-21-33(32(24-26)36(48)45(3)4)44-35(47)31-15-11-10-14-30(31)27-17-19-29(20-18-27)40(41,42)43/h7-21,24H,5-6,22-23,25H2,1-4H3,(H,44,47). The Morgan fingerprint density at radius 1 is 0.698 bits per heavy atom. The Hall–Kier alpha value is -5.98. The summed E-state index contributed by atoms with van der Waals surface area (Å²) in [7, 11) is 3.03. The average molecular weight is 733 g/mol. The monoisotopic (exact) mass is 732 g/mol. The number of hydrogen-bond acceptors (Lipinski definition) is 8. The fourth-order valence-electron chi connectivity index (χ4n) is 5.62. The molecule has 4 rings (SSSR count). The molecule has 10 nitrogen and oxygen atoms in total. The summed E-state index contributed by atoms with van der Waals surface area (Å²) < 4.78 is 55.4. The number of rotatable bonds is 14. The van der Waals surface area contributed by atoms with Crippen molar-refractivity contribution in [3.05, 3.63) is 125 Å². The quantitative estimate of drug-likeness (QED) is 0.0846. The number of anilines is 1. The first kappa shape index (κ1) is 39.8. The van der Waals surface area contributed by atoms with E-state index in [4.69, 9.17) is 14.2 Å². The third-order valence-electron chi connectivity index (χ3n) is 8.27. The van der Waals surface area contributed by atoms with Crippen molar-refractivity contribution >= 4 is 35.4 Å². The Kier molecular flexibility index (Phi) is 13.1. The number of esters is 3. The number of carbonyl (C=O) groups is 5. The van der Waals surface area contributed by atoms with Gasteiger partial charge in [0.15, 0.2) is 5.41 Å². The lowest BCUT2D eigenvalue weighted by molar-refractivity contribution is -0.167. The fraction of sp³-hybridized carbons (Fsp3) is 0.275. The minimum absolute atomic E-state index is 0.00270. The normalized spacial score (nSPS) is 11.3. The highest BCUT2D eigenvalue weighted by Gasteiger charge is 2.50. The van der Waals surface area contributed by atoms with E-state index in [1.54, 1.807) is 62.4 Å². The molecule has 0 aromatic heterocycles. The SMILES string of the molecule is CCOC(=O)C(CCOC(=O)Cc1ccc(NC(=O)c2ccccc2-c2ccc(C(F)(F)F)cc2)c(C(=O)N(C)C)c1)(C(=O)OCC)c1ccccc1. The third kappa shape index (κ3) is 9.47. The van der Waals surface area contributed by atoms with Crippen molar-refractivity contribution < 1.29 is 51.4 Å². The Morgan fingerprint density at radius 3 is 1.89 bits per heavy atom. The molecule has 278 valence electrons. The van der Waals surface area contributed by atoms with Crippen molar-refractivity contribution in [2.75, 3.05) is 39.2 Å². The fourth-order valence-corrected chi connectivity index (χ4v) is 5.62. The number of amides is 2. The molecule has 0 bridgehead atoms. The molecule has 4 aromatic rings. The van der Waals surface area contributed by atoms with Crippen LogP contribution < -0.4 is 5.32 Å². The molecule has 0 heterocycles. The zero-order valence-corrected chi connectivity index (χ0v) is 29.6. The summed E-state index contributed by atoms with van der Waals surface area (Å²) >= 11 is 0. The van der Waals surface area contributed by atoms with E-state index >= 15 is 0 Å². The zero-order valence-electron chi connectivity index (χ0n) is 29.6. The lowest BCUT2D eigenvalue weighted by Crippen LogP contribution is -2.47. The second kappa shape index (κ2) is 17.5. The van der Waals surface area contributed by atoms with Crippen LogP contribution in [0.4, 0.5) is 18.9 Å². The Balaban J connectivity index is 1.54. The van der Waals surface area contributed by atoms with Gasteiger partial charge in [-0.1, -0.05) is 66.7 Å². The van der Waals surface area contributed by atoms with E-state index in [0.29, 0.717) is 22.3 Å². The molecule has 0 radical (unpaired) electrons. The van der Waals surface area contributed by atoms with Gasteiger partial charge in [0.05, 0.1) is 43.1 Å². The number of nitrogens with zero attached hydrogens (tertiary/aromatic N) is 1. The topological polar surface area (TPSA) is 128 Å². The number of ether oxygens (including phenoxy) is 3. The van der Waals surface area contributed by atoms with E-state index in [9.17, 15) is 37.1 Å². The van der Waals surface area contributed by atoms with Gasteiger partial charge in [0.1, 0.15) is 0 Å². The van der Waals surface area contributed by atoms with Crippen LogP contribution in [0.2, 0.25) is 0 Å². The maximum Gasteiger partial charge on any atom is 0.416 e. The molecule has 0 saturated heterocycles. The maximum absolute atomic E-state index is 13.6. The molecule has 0 aliphatic heterocycles. The molecule has 0 saturated carbocycles. The predicted octanol–water partition coefficient (Wildman–Crippen LogP) is 6.87. The highest BCUT2D eigenvalue weighted by molar-refractivity contribution is 6.12. The van der Waals surface area contributed by atoms with Gasteiger partial charge in [-0.2, -0.15) is 13.2 Å². The van der Waals surface area contributed by atoms with Gasteiger partial charge >= 0.3 is 24.1 Å². The molecule has 0 aliphatic rings. The van der Waals surface area contributed by atoms with Crippen LogP contribution in [0.3, 0.4) is 0 Å². The van der Waals surface area contributed by atoms with Crippen LogP contribution in [0.5, 0.6) is 0 Å². The van der Waals surface area contributed by atoms with Gasteiger partial charge in [-0.3, -0.25) is 24.0 Å². The van der Waals surface area contributed by atoms with Crippen LogP contribution >= 0.6 is 0 Å². The van der Waals surface area contributed by atoms with E-state index in [2.05, 4.69) is 5.32 Å². The molecule has 4 aromatic carbocycles. The Labute approximate surface area is 304 Å². The molecule has 53 heavy (non-hydrogen) atoms. The van der Waals surface area contributed by atoms with Crippen molar-refractivity contribution in [2.45, 2.75) is 38.3 Å². The van der Waals surface area contributed by atoms with Crippen molar-refractivity contribution in [3.63, 3.8) is 0 Å². The molecule has 0 aliphatic carbocycles. The number of carbonyl (C=O) groups excluding carboxylic acids is 5. The predicted molar refractivity (Wildman–Crippen MR) is 190 cm³/mol. The smallest absolute Gasteiger partial charge is 0.416 e. The maximum atomic E-state index is 13.6. The molecule has 1 N–H and O–H groups in total. The number of alkyl halides is 3. The van der Waals surface area contributed by atoms with Gasteiger partial charge in [-0.05, 0) is 66.4 Å². The molecule has 0 spiro atoms. The summed E-state index contributed by atoms with van der Waals surface area (Å²) in [6.07, 6.45) is -5.07. The van der Waals surface area contributed by atoms with Gasteiger partial charge in [0.25, 0.3) is 11.8 Å². The minimum atomic E-state index is -4.52. The van der Waals surface area contributed by atoms with Crippen molar-refractivity contribution in [2.24, 2.45) is 0 Å². The summed E-state index contributed by atoms with van der Waals surface area (Å²) in [5.74, 6) is -3.50. The lowest BCUT2D eigenvalue weighted by atomic mass is 9.77. The second-order valence-electron chi connectivity index (χ2n) is 12.0. The van der Waals surface area contributed by atoms with Gasteiger partial charge in [0, 0.05) is 26.1 Å². The number of halogens is 3. The Bertz CT molecular complexity index is 1930. The highest BCUT2D eigenvalue weighted by atomic mass is 19.4. The molecular weight excluding hydrogens is 693 g/mol. The van der Waals surface area contributed by atoms with Crippen molar-refractivity contribution in [1.82, 2.24) is 4.90 Å². The summed E-state index contributed by atoms with van der Waals surface area (Å²) in [5.41, 5.74) is -0.920. The summed E-state index contributed by atoms with van der Waals surface area (Å²) in [5, 5.41) is 2.73. The molecule has 0 unspecified atom stereocenters.